The summed E-state index contributed by atoms with van der Waals surface area (Å²) < 4.78 is 44.9. The zero-order chi connectivity index (χ0) is 57.4. The maximum absolute atomic E-state index is 11.4. The molecule has 432 valence electrons. The van der Waals surface area contributed by atoms with Crippen LogP contribution in [0.5, 0.6) is 0 Å². The number of hydrogen-bond acceptors (Lipinski definition) is 16. The zero-order valence-corrected chi connectivity index (χ0v) is 52.0. The molecule has 0 heterocycles. The Bertz CT molecular complexity index is 1220. The van der Waals surface area contributed by atoms with Gasteiger partial charge in [0.05, 0.1) is 74.7 Å². The fourth-order valence-corrected chi connectivity index (χ4v) is 6.65. The summed E-state index contributed by atoms with van der Waals surface area (Å²) in [6.07, 6.45) is -0.741. The third kappa shape index (κ3) is 31.3. The van der Waals surface area contributed by atoms with Crippen molar-refractivity contribution >= 4 is 23.9 Å². The first-order valence-corrected chi connectivity index (χ1v) is 26.9. The first-order valence-electron chi connectivity index (χ1n) is 26.9. The maximum Gasteiger partial charge on any atom is 4.00 e. The van der Waals surface area contributed by atoms with Crippen LogP contribution in [0.2, 0.25) is 0 Å². The first-order chi connectivity index (χ1) is 33.0. The number of carboxylic acid groups (broad SMARTS) is 4. The summed E-state index contributed by atoms with van der Waals surface area (Å²) in [6, 6.07) is 0. The second kappa shape index (κ2) is 41.4. The van der Waals surface area contributed by atoms with Gasteiger partial charge in [0.2, 0.25) is 0 Å². The van der Waals surface area contributed by atoms with Gasteiger partial charge in [-0.25, -0.2) is 0 Å². The minimum atomic E-state index is -1.35. The molecule has 73 heavy (non-hydrogen) atoms. The Kier molecular flexibility index (Phi) is 45.4. The molecule has 0 amide bonds. The summed E-state index contributed by atoms with van der Waals surface area (Å²) in [7, 11) is 0. The molecule has 0 radical (unpaired) electrons. The Labute approximate surface area is 460 Å². The van der Waals surface area contributed by atoms with Crippen LogP contribution < -0.4 is 20.4 Å². The van der Waals surface area contributed by atoms with E-state index in [1.54, 1.807) is 55.4 Å². The molecule has 8 atom stereocenters. The number of hydrogen-bond donors (Lipinski definition) is 0. The number of rotatable bonds is 36. The molecule has 17 heteroatoms. The predicted molar refractivity (Wildman–Crippen MR) is 276 cm³/mol. The van der Waals surface area contributed by atoms with Crippen LogP contribution in [0.3, 0.4) is 0 Å². The molecule has 0 aromatic carbocycles. The fraction of sp³-hybridized carbons (Fsp3) is 0.929. The van der Waals surface area contributed by atoms with Crippen molar-refractivity contribution in [2.75, 3.05) is 52.9 Å². The van der Waals surface area contributed by atoms with E-state index in [-0.39, 0.29) is 45.4 Å². The number of aliphatic carboxylic acids is 4. The smallest absolute Gasteiger partial charge is 0.547 e. The second-order valence-electron chi connectivity index (χ2n) is 22.4. The van der Waals surface area contributed by atoms with E-state index in [1.807, 2.05) is 111 Å². The van der Waals surface area contributed by atoms with Crippen LogP contribution in [0.25, 0.3) is 0 Å². The maximum atomic E-state index is 11.4. The third-order valence-electron chi connectivity index (χ3n) is 11.5. The van der Waals surface area contributed by atoms with Crippen molar-refractivity contribution in [3.8, 4) is 0 Å². The summed E-state index contributed by atoms with van der Waals surface area (Å²) >= 11 is 0. The Morgan fingerprint density at radius 3 is 0.493 bits per heavy atom. The van der Waals surface area contributed by atoms with Crippen molar-refractivity contribution in [2.24, 2.45) is 47.3 Å². The largest absolute Gasteiger partial charge is 4.00 e. The van der Waals surface area contributed by atoms with E-state index in [0.29, 0.717) is 102 Å². The van der Waals surface area contributed by atoms with Crippen LogP contribution in [0.4, 0.5) is 0 Å². The van der Waals surface area contributed by atoms with E-state index in [4.69, 9.17) is 37.9 Å². The van der Waals surface area contributed by atoms with Gasteiger partial charge >= 0.3 is 21.7 Å². The molecule has 0 aliphatic rings. The molecule has 0 bridgehead atoms. The fourth-order valence-electron chi connectivity index (χ4n) is 6.65. The Hall–Kier alpha value is -1.73. The summed E-state index contributed by atoms with van der Waals surface area (Å²) in [5.41, 5.74) is -5.39. The van der Waals surface area contributed by atoms with Crippen LogP contribution in [-0.2, 0) is 78.8 Å². The van der Waals surface area contributed by atoms with E-state index in [1.165, 1.54) is 0 Å². The minimum Gasteiger partial charge on any atom is -0.547 e. The quantitative estimate of drug-likeness (QED) is 0.0611. The molecule has 0 spiro atoms. The summed E-state index contributed by atoms with van der Waals surface area (Å²) in [5.74, 6) is -2.27. The summed E-state index contributed by atoms with van der Waals surface area (Å²) in [5, 5.41) is 45.7. The van der Waals surface area contributed by atoms with Gasteiger partial charge in [-0.2, -0.15) is 0 Å². The van der Waals surface area contributed by atoms with E-state index in [0.717, 1.165) is 0 Å². The standard InChI is InChI=1S/4C14H28O4.Ti/c4*1-7-14(13(15)16,18-9-11(4)5)12(6)17-8-10(2)3;/h4*10-12H,7-9H2,1-6H3,(H,15,16);/q;;;;+4/p-4. The molecule has 0 rings (SSSR count). The average Bonchev–Trinajstić information content (AvgIpc) is 3.27. The van der Waals surface area contributed by atoms with Gasteiger partial charge in [-0.15, -0.1) is 0 Å². The van der Waals surface area contributed by atoms with Crippen LogP contribution in [0.1, 0.15) is 192 Å². The minimum absolute atomic E-state index is 0. The Balaban J connectivity index is -0.000000280. The van der Waals surface area contributed by atoms with Gasteiger partial charge in [0, 0.05) is 26.4 Å². The van der Waals surface area contributed by atoms with Crippen LogP contribution in [0.15, 0.2) is 0 Å². The molecule has 0 aromatic heterocycles. The molecule has 0 aromatic rings. The van der Waals surface area contributed by atoms with E-state index < -0.39 is 70.7 Å². The van der Waals surface area contributed by atoms with Crippen LogP contribution in [-0.4, -0.2) is 124 Å². The molecule has 8 unspecified atom stereocenters. The molecule has 0 saturated heterocycles. The van der Waals surface area contributed by atoms with E-state index in [2.05, 4.69) is 0 Å². The summed E-state index contributed by atoms with van der Waals surface area (Å²) in [4.78, 5) is 45.7. The predicted octanol–water partition coefficient (Wildman–Crippen LogP) is 6.47. The van der Waals surface area contributed by atoms with Gasteiger partial charge in [0.25, 0.3) is 0 Å². The average molecular weight is 1090 g/mol. The molecular weight excluding hydrogens is 976 g/mol. The van der Waals surface area contributed by atoms with Crippen molar-refractivity contribution < 1.29 is 99.2 Å². The van der Waals surface area contributed by atoms with Crippen LogP contribution in [0, 0.1) is 47.3 Å². The van der Waals surface area contributed by atoms with Crippen molar-refractivity contribution in [2.45, 2.75) is 239 Å². The molecule has 0 fully saturated rings. The molecular formula is C56H108O16Ti. The van der Waals surface area contributed by atoms with E-state index >= 15 is 0 Å². The van der Waals surface area contributed by atoms with Crippen molar-refractivity contribution in [3.63, 3.8) is 0 Å². The summed E-state index contributed by atoms with van der Waals surface area (Å²) in [6.45, 7) is 49.7. The first kappa shape index (κ1) is 80.1. The topological polar surface area (TPSA) is 234 Å². The van der Waals surface area contributed by atoms with Crippen molar-refractivity contribution in [1.82, 2.24) is 0 Å². The number of ether oxygens (including phenoxy) is 8. The Morgan fingerprint density at radius 2 is 0.411 bits per heavy atom. The van der Waals surface area contributed by atoms with E-state index in [9.17, 15) is 39.6 Å². The third-order valence-corrected chi connectivity index (χ3v) is 11.5. The van der Waals surface area contributed by atoms with Crippen molar-refractivity contribution in [3.05, 3.63) is 0 Å². The number of carboxylic acids is 4. The number of carbonyl (C=O) groups excluding carboxylic acids is 4. The van der Waals surface area contributed by atoms with Crippen molar-refractivity contribution in [1.29, 1.82) is 0 Å². The molecule has 0 aliphatic carbocycles. The van der Waals surface area contributed by atoms with Gasteiger partial charge < -0.3 is 77.5 Å². The molecule has 0 N–H and O–H groups in total. The van der Waals surface area contributed by atoms with Gasteiger partial charge in [-0.3, -0.25) is 0 Å². The second-order valence-corrected chi connectivity index (χ2v) is 22.4. The van der Waals surface area contributed by atoms with Gasteiger partial charge in [0.1, 0.15) is 22.4 Å². The molecule has 16 nitrogen and oxygen atoms in total. The number of carbonyl (C=O) groups is 4. The van der Waals surface area contributed by atoms with Crippen LogP contribution >= 0.6 is 0 Å². The van der Waals surface area contributed by atoms with Gasteiger partial charge in [-0.05, 0) is 101 Å². The SMILES string of the molecule is CCC(OCC(C)C)(C(=O)[O-])C(C)OCC(C)C.CCC(OCC(C)C)(C(=O)[O-])C(C)OCC(C)C.CCC(OCC(C)C)(C(=O)[O-])C(C)OCC(C)C.CCC(OCC(C)C)(C(=O)[O-])C(C)OCC(C)C.[Ti+4]. The monoisotopic (exact) mass is 1080 g/mol. The Morgan fingerprint density at radius 1 is 0.288 bits per heavy atom. The molecule has 0 aliphatic heterocycles. The normalized spacial score (nSPS) is 16.7. The molecule has 0 saturated carbocycles. The van der Waals surface area contributed by atoms with Gasteiger partial charge in [0.15, 0.2) is 0 Å². The van der Waals surface area contributed by atoms with Gasteiger partial charge in [-0.1, -0.05) is 138 Å². The zero-order valence-electron chi connectivity index (χ0n) is 50.4.